The molecule has 1 atom stereocenters. The Labute approximate surface area is 102 Å². The van der Waals surface area contributed by atoms with Gasteiger partial charge < -0.3 is 4.74 Å². The Kier molecular flexibility index (Phi) is 2.90. The number of hydrogen-bond acceptors (Lipinski definition) is 3. The molecule has 6 heteroatoms. The molecule has 0 spiro atoms. The van der Waals surface area contributed by atoms with Crippen molar-refractivity contribution in [3.05, 3.63) is 28.2 Å². The number of benzene rings is 1. The molecule has 1 saturated heterocycles. The van der Waals surface area contributed by atoms with Gasteiger partial charge in [-0.15, -0.1) is 0 Å². The van der Waals surface area contributed by atoms with Crippen LogP contribution in [0.2, 0.25) is 10.0 Å². The molecule has 16 heavy (non-hydrogen) atoms. The average Bonchev–Trinajstić information content (AvgIpc) is 2.64. The van der Waals surface area contributed by atoms with Crippen LogP contribution in [0.25, 0.3) is 0 Å². The Morgan fingerprint density at radius 3 is 2.88 bits per heavy atom. The van der Waals surface area contributed by atoms with Crippen LogP contribution < -0.4 is 4.90 Å². The van der Waals surface area contributed by atoms with Gasteiger partial charge in [-0.3, -0.25) is 4.90 Å². The number of carbonyl (C=O) groups is 1. The molecule has 0 radical (unpaired) electrons. The molecule has 0 bridgehead atoms. The minimum atomic E-state index is -0.762. The van der Waals surface area contributed by atoms with Gasteiger partial charge >= 0.3 is 6.09 Å². The van der Waals surface area contributed by atoms with Crippen LogP contribution in [0.1, 0.15) is 0 Å². The van der Waals surface area contributed by atoms with E-state index in [9.17, 15) is 4.79 Å². The standard InChI is InChI=1S/C10H6Cl2N2O2/c11-7-2-1-3-8(9(7)12)14-5-6(4-13)16-10(14)15/h1-3,6H,5H2. The molecule has 0 aliphatic carbocycles. The van der Waals surface area contributed by atoms with Crippen molar-refractivity contribution >= 4 is 35.0 Å². The van der Waals surface area contributed by atoms with Crippen LogP contribution in [-0.2, 0) is 4.74 Å². The molecule has 1 aromatic rings. The number of cyclic esters (lactones) is 1. The molecular weight excluding hydrogens is 251 g/mol. The molecule has 82 valence electrons. The molecule has 4 nitrogen and oxygen atoms in total. The van der Waals surface area contributed by atoms with Gasteiger partial charge in [-0.25, -0.2) is 4.79 Å². The number of nitriles is 1. The second-order valence-electron chi connectivity index (χ2n) is 3.19. The van der Waals surface area contributed by atoms with E-state index >= 15 is 0 Å². The van der Waals surface area contributed by atoms with Crippen molar-refractivity contribution in [2.45, 2.75) is 6.10 Å². The van der Waals surface area contributed by atoms with E-state index in [0.29, 0.717) is 10.7 Å². The topological polar surface area (TPSA) is 53.3 Å². The number of ether oxygens (including phenoxy) is 1. The molecule has 0 aromatic heterocycles. The zero-order valence-corrected chi connectivity index (χ0v) is 9.50. The quantitative estimate of drug-likeness (QED) is 0.777. The van der Waals surface area contributed by atoms with Gasteiger partial charge in [0.1, 0.15) is 6.07 Å². The van der Waals surface area contributed by atoms with Crippen molar-refractivity contribution in [3.63, 3.8) is 0 Å². The van der Waals surface area contributed by atoms with Gasteiger partial charge in [0.05, 0.1) is 22.3 Å². The van der Waals surface area contributed by atoms with E-state index < -0.39 is 12.2 Å². The highest BCUT2D eigenvalue weighted by atomic mass is 35.5. The van der Waals surface area contributed by atoms with Crippen molar-refractivity contribution < 1.29 is 9.53 Å². The first-order chi connectivity index (χ1) is 7.63. The number of halogens is 2. The monoisotopic (exact) mass is 256 g/mol. The Morgan fingerprint density at radius 2 is 2.25 bits per heavy atom. The van der Waals surface area contributed by atoms with E-state index in [1.54, 1.807) is 18.2 Å². The van der Waals surface area contributed by atoms with Gasteiger partial charge in [-0.1, -0.05) is 29.3 Å². The SMILES string of the molecule is N#CC1CN(c2cccc(Cl)c2Cl)C(=O)O1. The van der Waals surface area contributed by atoms with Gasteiger partial charge in [0.15, 0.2) is 0 Å². The van der Waals surface area contributed by atoms with Gasteiger partial charge in [0, 0.05) is 0 Å². The lowest BCUT2D eigenvalue weighted by Gasteiger charge is -2.14. The van der Waals surface area contributed by atoms with Crippen LogP contribution in [0, 0.1) is 11.3 Å². The summed E-state index contributed by atoms with van der Waals surface area (Å²) in [6.45, 7) is 0.162. The molecule has 1 heterocycles. The molecule has 0 saturated carbocycles. The third-order valence-corrected chi connectivity index (χ3v) is 2.99. The van der Waals surface area contributed by atoms with Crippen LogP contribution in [0.5, 0.6) is 0 Å². The largest absolute Gasteiger partial charge is 0.428 e. The number of amides is 1. The number of rotatable bonds is 1. The second kappa shape index (κ2) is 4.20. The summed E-state index contributed by atoms with van der Waals surface area (Å²) < 4.78 is 4.80. The van der Waals surface area contributed by atoms with Crippen LogP contribution in [0.15, 0.2) is 18.2 Å². The minimum Gasteiger partial charge on any atom is -0.428 e. The fraction of sp³-hybridized carbons (Fsp3) is 0.200. The fourth-order valence-electron chi connectivity index (χ4n) is 1.43. The van der Waals surface area contributed by atoms with E-state index in [1.165, 1.54) is 4.90 Å². The predicted octanol–water partition coefficient (Wildman–Crippen LogP) is 2.84. The first-order valence-electron chi connectivity index (χ1n) is 4.45. The van der Waals surface area contributed by atoms with E-state index in [-0.39, 0.29) is 11.6 Å². The maximum absolute atomic E-state index is 11.5. The predicted molar refractivity (Wildman–Crippen MR) is 59.7 cm³/mol. The highest BCUT2D eigenvalue weighted by Crippen LogP contribution is 2.34. The summed E-state index contributed by atoms with van der Waals surface area (Å²) in [7, 11) is 0. The summed E-state index contributed by atoms with van der Waals surface area (Å²) in [4.78, 5) is 12.8. The number of nitrogens with zero attached hydrogens (tertiary/aromatic N) is 2. The van der Waals surface area contributed by atoms with Crippen LogP contribution >= 0.6 is 23.2 Å². The smallest absolute Gasteiger partial charge is 0.415 e. The Balaban J connectivity index is 2.36. The molecule has 2 rings (SSSR count). The molecule has 1 unspecified atom stereocenters. The molecule has 1 aliphatic heterocycles. The molecule has 0 N–H and O–H groups in total. The Bertz CT molecular complexity index is 484. The summed E-state index contributed by atoms with van der Waals surface area (Å²) >= 11 is 11.8. The van der Waals surface area contributed by atoms with Crippen molar-refractivity contribution in [2.24, 2.45) is 0 Å². The fourth-order valence-corrected chi connectivity index (χ4v) is 1.83. The maximum Gasteiger partial charge on any atom is 0.415 e. The number of hydrogen-bond donors (Lipinski definition) is 0. The second-order valence-corrected chi connectivity index (χ2v) is 3.97. The summed E-state index contributed by atoms with van der Waals surface area (Å²) in [5, 5.41) is 9.29. The molecule has 1 aliphatic rings. The first-order valence-corrected chi connectivity index (χ1v) is 5.21. The average molecular weight is 257 g/mol. The lowest BCUT2D eigenvalue weighted by atomic mass is 10.3. The highest BCUT2D eigenvalue weighted by Gasteiger charge is 2.33. The molecule has 1 aromatic carbocycles. The first kappa shape index (κ1) is 11.1. The molecule has 1 amide bonds. The Hall–Kier alpha value is -1.44. The van der Waals surface area contributed by atoms with E-state index in [0.717, 1.165) is 0 Å². The van der Waals surface area contributed by atoms with Crippen molar-refractivity contribution in [1.82, 2.24) is 0 Å². The summed E-state index contributed by atoms with van der Waals surface area (Å²) in [6.07, 6.45) is -1.35. The van der Waals surface area contributed by atoms with Crippen molar-refractivity contribution in [2.75, 3.05) is 11.4 Å². The van der Waals surface area contributed by atoms with Gasteiger partial charge in [-0.05, 0) is 12.1 Å². The normalized spacial score (nSPS) is 19.4. The third kappa shape index (κ3) is 1.80. The lowest BCUT2D eigenvalue weighted by Crippen LogP contribution is -2.24. The summed E-state index contributed by atoms with van der Waals surface area (Å²) in [5.41, 5.74) is 0.455. The number of carbonyl (C=O) groups excluding carboxylic acids is 1. The van der Waals surface area contributed by atoms with Gasteiger partial charge in [0.2, 0.25) is 6.10 Å². The zero-order valence-electron chi connectivity index (χ0n) is 7.98. The van der Waals surface area contributed by atoms with Crippen LogP contribution in [0.4, 0.5) is 10.5 Å². The van der Waals surface area contributed by atoms with Gasteiger partial charge in [0.25, 0.3) is 0 Å². The highest BCUT2D eigenvalue weighted by molar-refractivity contribution is 6.44. The third-order valence-electron chi connectivity index (χ3n) is 2.18. The number of anilines is 1. The van der Waals surface area contributed by atoms with Crippen molar-refractivity contribution in [1.29, 1.82) is 5.26 Å². The summed E-state index contributed by atoms with van der Waals surface area (Å²) in [5.74, 6) is 0. The molecular formula is C10H6Cl2N2O2. The molecule has 1 fully saturated rings. The van der Waals surface area contributed by atoms with E-state index in [2.05, 4.69) is 0 Å². The minimum absolute atomic E-state index is 0.162. The van der Waals surface area contributed by atoms with E-state index in [1.807, 2.05) is 6.07 Å². The van der Waals surface area contributed by atoms with Crippen molar-refractivity contribution in [3.8, 4) is 6.07 Å². The maximum atomic E-state index is 11.5. The zero-order chi connectivity index (χ0) is 11.7. The van der Waals surface area contributed by atoms with Crippen LogP contribution in [0.3, 0.4) is 0 Å². The van der Waals surface area contributed by atoms with Gasteiger partial charge in [-0.2, -0.15) is 5.26 Å². The van der Waals surface area contributed by atoms with E-state index in [4.69, 9.17) is 33.2 Å². The van der Waals surface area contributed by atoms with Crippen LogP contribution in [-0.4, -0.2) is 18.7 Å². The Morgan fingerprint density at radius 1 is 1.50 bits per heavy atom. The summed E-state index contributed by atoms with van der Waals surface area (Å²) in [6, 6.07) is 6.81. The lowest BCUT2D eigenvalue weighted by molar-refractivity contribution is 0.162.